The second-order valence-corrected chi connectivity index (χ2v) is 8.96. The molecule has 0 atom stereocenters. The number of hydrogen-bond acceptors (Lipinski definition) is 7. The number of nitriles is 1. The zero-order valence-corrected chi connectivity index (χ0v) is 16.8. The average molecular weight is 405 g/mol. The van der Waals surface area contributed by atoms with E-state index < -0.39 is 15.1 Å². The Kier molecular flexibility index (Phi) is 6.00. The number of nitrogens with one attached hydrogen (secondary N) is 1. The van der Waals surface area contributed by atoms with Crippen LogP contribution in [0.4, 0.5) is 5.95 Å². The SMILES string of the molecule is CC(C)S(=O)(=O)c1ccccc1-c1cnc(N/N=C/c2ccc(C#N)cc2)nc1. The molecule has 0 saturated heterocycles. The summed E-state index contributed by atoms with van der Waals surface area (Å²) in [6, 6.07) is 15.8. The highest BCUT2D eigenvalue weighted by molar-refractivity contribution is 7.92. The van der Waals surface area contributed by atoms with E-state index in [-0.39, 0.29) is 10.8 Å². The predicted octanol–water partition coefficient (Wildman–Crippen LogP) is 3.64. The number of benzene rings is 2. The molecule has 0 unspecified atom stereocenters. The summed E-state index contributed by atoms with van der Waals surface area (Å²) >= 11 is 0. The molecular weight excluding hydrogens is 386 g/mol. The van der Waals surface area contributed by atoms with Crippen molar-refractivity contribution in [1.82, 2.24) is 9.97 Å². The number of hydrogen-bond donors (Lipinski definition) is 1. The first-order chi connectivity index (χ1) is 13.9. The van der Waals surface area contributed by atoms with Crippen LogP contribution in [0.3, 0.4) is 0 Å². The normalized spacial score (nSPS) is 11.5. The molecule has 0 aliphatic carbocycles. The van der Waals surface area contributed by atoms with Crippen LogP contribution in [-0.2, 0) is 9.84 Å². The van der Waals surface area contributed by atoms with Crippen molar-refractivity contribution in [3.8, 4) is 17.2 Å². The van der Waals surface area contributed by atoms with E-state index in [0.717, 1.165) is 5.56 Å². The minimum absolute atomic E-state index is 0.262. The van der Waals surface area contributed by atoms with E-state index in [2.05, 4.69) is 26.6 Å². The van der Waals surface area contributed by atoms with Crippen molar-refractivity contribution >= 4 is 22.0 Å². The summed E-state index contributed by atoms with van der Waals surface area (Å²) in [5, 5.41) is 12.3. The molecule has 146 valence electrons. The van der Waals surface area contributed by atoms with Crippen LogP contribution in [0.15, 0.2) is 70.9 Å². The van der Waals surface area contributed by atoms with Crippen LogP contribution in [-0.4, -0.2) is 29.9 Å². The van der Waals surface area contributed by atoms with Crippen LogP contribution in [0, 0.1) is 11.3 Å². The maximum atomic E-state index is 12.6. The van der Waals surface area contributed by atoms with Crippen molar-refractivity contribution in [2.45, 2.75) is 24.0 Å². The highest BCUT2D eigenvalue weighted by Crippen LogP contribution is 2.29. The van der Waals surface area contributed by atoms with Crippen LogP contribution in [0.2, 0.25) is 0 Å². The summed E-state index contributed by atoms with van der Waals surface area (Å²) < 4.78 is 25.2. The van der Waals surface area contributed by atoms with Gasteiger partial charge in [-0.2, -0.15) is 10.4 Å². The lowest BCUT2D eigenvalue weighted by molar-refractivity contribution is 0.587. The van der Waals surface area contributed by atoms with Crippen LogP contribution >= 0.6 is 0 Å². The topological polar surface area (TPSA) is 108 Å². The molecule has 1 aromatic heterocycles. The molecule has 0 amide bonds. The predicted molar refractivity (Wildman–Crippen MR) is 112 cm³/mol. The zero-order chi connectivity index (χ0) is 20.9. The van der Waals surface area contributed by atoms with Gasteiger partial charge in [-0.05, 0) is 37.6 Å². The summed E-state index contributed by atoms with van der Waals surface area (Å²) in [6.45, 7) is 3.31. The molecule has 0 aliphatic rings. The molecule has 3 aromatic rings. The Balaban J connectivity index is 1.77. The monoisotopic (exact) mass is 405 g/mol. The van der Waals surface area contributed by atoms with Gasteiger partial charge in [-0.3, -0.25) is 0 Å². The van der Waals surface area contributed by atoms with Crippen molar-refractivity contribution in [3.63, 3.8) is 0 Å². The lowest BCUT2D eigenvalue weighted by Gasteiger charge is -2.12. The van der Waals surface area contributed by atoms with Crippen molar-refractivity contribution in [1.29, 1.82) is 5.26 Å². The van der Waals surface area contributed by atoms with Crippen molar-refractivity contribution in [3.05, 3.63) is 72.1 Å². The van der Waals surface area contributed by atoms with Gasteiger partial charge in [-0.15, -0.1) is 0 Å². The van der Waals surface area contributed by atoms with E-state index in [4.69, 9.17) is 5.26 Å². The van der Waals surface area contributed by atoms with Crippen molar-refractivity contribution < 1.29 is 8.42 Å². The Morgan fingerprint density at radius 3 is 2.34 bits per heavy atom. The number of rotatable bonds is 6. The fourth-order valence-corrected chi connectivity index (χ4v) is 3.81. The molecule has 1 heterocycles. The van der Waals surface area contributed by atoms with E-state index in [1.165, 1.54) is 0 Å². The minimum Gasteiger partial charge on any atom is -0.245 e. The third kappa shape index (κ3) is 4.65. The van der Waals surface area contributed by atoms with Gasteiger partial charge in [0.25, 0.3) is 0 Å². The Hall–Kier alpha value is -3.57. The molecule has 0 aliphatic heterocycles. The molecule has 2 aromatic carbocycles. The number of hydrazone groups is 1. The quantitative estimate of drug-likeness (QED) is 0.495. The highest BCUT2D eigenvalue weighted by Gasteiger charge is 2.23. The number of nitrogens with zero attached hydrogens (tertiary/aromatic N) is 4. The van der Waals surface area contributed by atoms with E-state index in [1.54, 1.807) is 81.0 Å². The van der Waals surface area contributed by atoms with Crippen molar-refractivity contribution in [2.75, 3.05) is 5.43 Å². The van der Waals surface area contributed by atoms with Gasteiger partial charge < -0.3 is 0 Å². The van der Waals surface area contributed by atoms with Gasteiger partial charge in [0.1, 0.15) is 0 Å². The van der Waals surface area contributed by atoms with Crippen LogP contribution in [0.1, 0.15) is 25.0 Å². The third-order valence-corrected chi connectivity index (χ3v) is 6.41. The van der Waals surface area contributed by atoms with Crippen LogP contribution in [0.5, 0.6) is 0 Å². The van der Waals surface area contributed by atoms with Crippen molar-refractivity contribution in [2.24, 2.45) is 5.10 Å². The fraction of sp³-hybridized carbons (Fsp3) is 0.143. The van der Waals surface area contributed by atoms with E-state index in [9.17, 15) is 8.42 Å². The van der Waals surface area contributed by atoms with Gasteiger partial charge in [0.05, 0.1) is 28.0 Å². The Bertz CT molecular complexity index is 1160. The molecule has 0 bridgehead atoms. The van der Waals surface area contributed by atoms with Gasteiger partial charge in [-0.1, -0.05) is 30.3 Å². The average Bonchev–Trinajstić information content (AvgIpc) is 2.74. The number of anilines is 1. The molecule has 3 rings (SSSR count). The summed E-state index contributed by atoms with van der Waals surface area (Å²) in [4.78, 5) is 8.68. The largest absolute Gasteiger partial charge is 0.245 e. The third-order valence-electron chi connectivity index (χ3n) is 4.19. The molecule has 8 heteroatoms. The molecule has 7 nitrogen and oxygen atoms in total. The zero-order valence-electron chi connectivity index (χ0n) is 15.9. The van der Waals surface area contributed by atoms with Crippen LogP contribution < -0.4 is 5.43 Å². The van der Waals surface area contributed by atoms with Gasteiger partial charge in [-0.25, -0.2) is 23.8 Å². The summed E-state index contributed by atoms with van der Waals surface area (Å²) in [5.74, 6) is 0.280. The number of aromatic nitrogens is 2. The van der Waals surface area contributed by atoms with Gasteiger partial charge in [0.15, 0.2) is 9.84 Å². The minimum atomic E-state index is -3.43. The van der Waals surface area contributed by atoms with E-state index in [1.807, 2.05) is 0 Å². The van der Waals surface area contributed by atoms with Gasteiger partial charge in [0.2, 0.25) is 5.95 Å². The fourth-order valence-electron chi connectivity index (χ4n) is 2.54. The van der Waals surface area contributed by atoms with E-state index >= 15 is 0 Å². The van der Waals surface area contributed by atoms with Crippen LogP contribution in [0.25, 0.3) is 11.1 Å². The van der Waals surface area contributed by atoms with E-state index in [0.29, 0.717) is 16.7 Å². The first-order valence-electron chi connectivity index (χ1n) is 8.86. The maximum absolute atomic E-state index is 12.6. The standard InChI is InChI=1S/C21H19N5O2S/c1-15(2)29(27,28)20-6-4-3-5-19(20)18-13-23-21(24-14-18)26-25-12-17-9-7-16(11-22)8-10-17/h3-10,12-15H,1-2H3,(H,23,24,26)/b25-12+. The Labute approximate surface area is 169 Å². The smallest absolute Gasteiger partial charge is 0.243 e. The summed E-state index contributed by atoms with van der Waals surface area (Å²) in [5.41, 5.74) is 5.29. The Morgan fingerprint density at radius 1 is 1.07 bits per heavy atom. The number of sulfone groups is 1. The second-order valence-electron chi connectivity index (χ2n) is 6.49. The molecule has 0 spiro atoms. The molecule has 1 N–H and O–H groups in total. The highest BCUT2D eigenvalue weighted by atomic mass is 32.2. The van der Waals surface area contributed by atoms with Gasteiger partial charge >= 0.3 is 0 Å². The lowest BCUT2D eigenvalue weighted by atomic mass is 10.1. The lowest BCUT2D eigenvalue weighted by Crippen LogP contribution is -2.15. The molecule has 29 heavy (non-hydrogen) atoms. The second kappa shape index (κ2) is 8.63. The Morgan fingerprint density at radius 2 is 1.72 bits per heavy atom. The summed E-state index contributed by atoms with van der Waals surface area (Å²) in [7, 11) is -3.43. The molecule has 0 fully saturated rings. The van der Waals surface area contributed by atoms with Gasteiger partial charge in [0, 0.05) is 23.5 Å². The first-order valence-corrected chi connectivity index (χ1v) is 10.4. The maximum Gasteiger partial charge on any atom is 0.243 e. The molecular formula is C21H19N5O2S. The molecule has 0 radical (unpaired) electrons. The molecule has 0 saturated carbocycles. The summed E-state index contributed by atoms with van der Waals surface area (Å²) in [6.07, 6.45) is 4.70. The first kappa shape index (κ1) is 20.2.